The maximum Gasteiger partial charge on any atom is 0.475 e. The van der Waals surface area contributed by atoms with E-state index in [-0.39, 0.29) is 36.0 Å². The third-order valence-corrected chi connectivity index (χ3v) is 5.18. The second-order valence-corrected chi connectivity index (χ2v) is 9.14. The van der Waals surface area contributed by atoms with Gasteiger partial charge in [0.15, 0.2) is 0 Å². The number of hydrogen-bond donors (Lipinski definition) is 3. The second kappa shape index (κ2) is 11.7. The Morgan fingerprint density at radius 1 is 1.31 bits per heavy atom. The quantitative estimate of drug-likeness (QED) is 0.339. The van der Waals surface area contributed by atoms with Crippen LogP contribution in [0.5, 0.6) is 0 Å². The number of amides is 2. The van der Waals surface area contributed by atoms with Gasteiger partial charge in [0.1, 0.15) is 18.2 Å². The van der Waals surface area contributed by atoms with Gasteiger partial charge in [-0.2, -0.15) is 5.26 Å². The van der Waals surface area contributed by atoms with E-state index in [2.05, 4.69) is 5.32 Å². The molecular weight excluding hydrogens is 409 g/mol. The van der Waals surface area contributed by atoms with E-state index in [9.17, 15) is 24.9 Å². The van der Waals surface area contributed by atoms with E-state index < -0.39 is 19.2 Å². The van der Waals surface area contributed by atoms with Crippen LogP contribution in [0.4, 0.5) is 4.79 Å². The molecule has 0 radical (unpaired) electrons. The third kappa shape index (κ3) is 8.02. The fourth-order valence-corrected chi connectivity index (χ4v) is 3.63. The van der Waals surface area contributed by atoms with Gasteiger partial charge in [0.05, 0.1) is 12.0 Å². The summed E-state index contributed by atoms with van der Waals surface area (Å²) in [6.45, 7) is 6.20. The second-order valence-electron chi connectivity index (χ2n) is 9.14. The number of carbonyl (C=O) groups excluding carboxylic acids is 2. The van der Waals surface area contributed by atoms with Gasteiger partial charge >= 0.3 is 13.2 Å². The molecule has 1 aromatic rings. The van der Waals surface area contributed by atoms with Crippen LogP contribution in [0.15, 0.2) is 42.0 Å². The largest absolute Gasteiger partial charge is 0.475 e. The molecule has 1 fully saturated rings. The standard InChI is InChI=1S/C23H32BN3O5/c1-23(2,3)14-18(15-25)21(28)27-12-8-7-11-19(27)16-32-22(29)26-20(24(30)31)13-17-9-5-4-6-10-17/h4-6,9-10,14,19-20,30-31H,7-8,11-13,16H2,1-3H3,(H,26,29)/b18-14+/t19-,20+/m1/s1. The van der Waals surface area contributed by atoms with Crippen LogP contribution in [-0.2, 0) is 16.0 Å². The van der Waals surface area contributed by atoms with E-state index >= 15 is 0 Å². The van der Waals surface area contributed by atoms with E-state index in [4.69, 9.17) is 4.74 Å². The van der Waals surface area contributed by atoms with Crippen LogP contribution < -0.4 is 5.32 Å². The molecule has 0 aliphatic carbocycles. The van der Waals surface area contributed by atoms with Gasteiger partial charge in [-0.3, -0.25) is 4.79 Å². The van der Waals surface area contributed by atoms with Crippen molar-refractivity contribution in [1.82, 2.24) is 10.2 Å². The van der Waals surface area contributed by atoms with Crippen LogP contribution in [0.1, 0.15) is 45.6 Å². The molecule has 2 rings (SSSR count). The van der Waals surface area contributed by atoms with Gasteiger partial charge in [0.25, 0.3) is 5.91 Å². The summed E-state index contributed by atoms with van der Waals surface area (Å²) in [7, 11) is -1.75. The highest BCUT2D eigenvalue weighted by Gasteiger charge is 2.31. The molecule has 1 aliphatic heterocycles. The molecule has 1 saturated heterocycles. The van der Waals surface area contributed by atoms with Crippen molar-refractivity contribution in [3.63, 3.8) is 0 Å². The van der Waals surface area contributed by atoms with Crippen LogP contribution >= 0.6 is 0 Å². The number of nitrogens with zero attached hydrogens (tertiary/aromatic N) is 2. The van der Waals surface area contributed by atoms with Crippen molar-refractivity contribution in [3.8, 4) is 6.07 Å². The number of likely N-dealkylation sites (tertiary alicyclic amines) is 1. The van der Waals surface area contributed by atoms with Crippen molar-refractivity contribution < 1.29 is 24.4 Å². The predicted octanol–water partition coefficient (Wildman–Crippen LogP) is 2.21. The minimum absolute atomic E-state index is 0.0363. The van der Waals surface area contributed by atoms with E-state index in [0.717, 1.165) is 18.4 Å². The summed E-state index contributed by atoms with van der Waals surface area (Å²) in [4.78, 5) is 26.9. The van der Waals surface area contributed by atoms with E-state index in [1.165, 1.54) is 0 Å². The molecule has 1 aliphatic rings. The van der Waals surface area contributed by atoms with Crippen LogP contribution in [0.25, 0.3) is 0 Å². The predicted molar refractivity (Wildman–Crippen MR) is 121 cm³/mol. The number of alkyl carbamates (subject to hydrolysis) is 1. The SMILES string of the molecule is CC(C)(C)/C=C(\C#N)C(=O)N1CCCC[C@@H]1COC(=O)N[C@@H](Cc1ccccc1)B(O)O. The van der Waals surface area contributed by atoms with E-state index in [1.54, 1.807) is 11.0 Å². The van der Waals surface area contributed by atoms with Crippen LogP contribution in [0, 0.1) is 16.7 Å². The Morgan fingerprint density at radius 3 is 2.59 bits per heavy atom. The minimum Gasteiger partial charge on any atom is -0.447 e. The Morgan fingerprint density at radius 2 is 2.00 bits per heavy atom. The molecule has 32 heavy (non-hydrogen) atoms. The van der Waals surface area contributed by atoms with Gasteiger partial charge in [-0.05, 0) is 36.7 Å². The van der Waals surface area contributed by atoms with Crippen molar-refractivity contribution in [2.75, 3.05) is 13.2 Å². The number of nitrogens with one attached hydrogen (secondary N) is 1. The molecule has 0 saturated carbocycles. The zero-order valence-corrected chi connectivity index (χ0v) is 19.0. The van der Waals surface area contributed by atoms with Gasteiger partial charge in [0, 0.05) is 6.54 Å². The molecule has 0 aromatic heterocycles. The molecule has 0 spiro atoms. The molecule has 8 nitrogen and oxygen atoms in total. The molecule has 2 atom stereocenters. The first-order chi connectivity index (χ1) is 15.1. The average molecular weight is 441 g/mol. The number of nitriles is 1. The van der Waals surface area contributed by atoms with Gasteiger partial charge in [-0.1, -0.05) is 57.2 Å². The number of hydrogen-bond acceptors (Lipinski definition) is 6. The van der Waals surface area contributed by atoms with E-state index in [0.29, 0.717) is 13.0 Å². The van der Waals surface area contributed by atoms with E-state index in [1.807, 2.05) is 57.2 Å². The first-order valence-electron chi connectivity index (χ1n) is 10.9. The lowest BCUT2D eigenvalue weighted by atomic mass is 9.76. The number of ether oxygens (including phenoxy) is 1. The highest BCUT2D eigenvalue weighted by Crippen LogP contribution is 2.23. The smallest absolute Gasteiger partial charge is 0.447 e. The zero-order chi connectivity index (χ0) is 23.7. The Balaban J connectivity index is 1.99. The van der Waals surface area contributed by atoms with Gasteiger partial charge in [0.2, 0.25) is 0 Å². The molecule has 1 aromatic carbocycles. The normalized spacial score (nSPS) is 17.8. The Bertz CT molecular complexity index is 845. The zero-order valence-electron chi connectivity index (χ0n) is 19.0. The summed E-state index contributed by atoms with van der Waals surface area (Å²) in [5.74, 6) is -1.29. The molecular formula is C23H32BN3O5. The van der Waals surface area contributed by atoms with Crippen LogP contribution in [0.2, 0.25) is 0 Å². The topological polar surface area (TPSA) is 123 Å². The molecule has 1 heterocycles. The van der Waals surface area contributed by atoms with Crippen molar-refractivity contribution in [2.24, 2.45) is 5.41 Å². The fraction of sp³-hybridized carbons (Fsp3) is 0.522. The Labute approximate surface area is 190 Å². The first kappa shape index (κ1) is 25.4. The molecule has 0 bridgehead atoms. The monoisotopic (exact) mass is 441 g/mol. The van der Waals surface area contributed by atoms with Crippen molar-refractivity contribution in [1.29, 1.82) is 5.26 Å². The first-order valence-corrected chi connectivity index (χ1v) is 10.9. The van der Waals surface area contributed by atoms with Crippen molar-refractivity contribution in [3.05, 3.63) is 47.5 Å². The molecule has 3 N–H and O–H groups in total. The summed E-state index contributed by atoms with van der Waals surface area (Å²) in [5.41, 5.74) is 0.603. The average Bonchev–Trinajstić information content (AvgIpc) is 2.75. The number of rotatable bonds is 7. The summed E-state index contributed by atoms with van der Waals surface area (Å²) >= 11 is 0. The molecule has 172 valence electrons. The minimum atomic E-state index is -1.75. The van der Waals surface area contributed by atoms with Gasteiger partial charge < -0.3 is 25.0 Å². The molecule has 2 amide bonds. The summed E-state index contributed by atoms with van der Waals surface area (Å²) in [5, 5.41) is 31.2. The lowest BCUT2D eigenvalue weighted by Crippen LogP contribution is -2.50. The molecule has 0 unspecified atom stereocenters. The number of allylic oxidation sites excluding steroid dienone is 1. The molecule has 9 heteroatoms. The summed E-state index contributed by atoms with van der Waals surface area (Å²) in [6, 6.07) is 10.8. The fourth-order valence-electron chi connectivity index (χ4n) is 3.63. The van der Waals surface area contributed by atoms with Crippen molar-refractivity contribution in [2.45, 2.75) is 58.4 Å². The lowest BCUT2D eigenvalue weighted by molar-refractivity contribution is -0.131. The van der Waals surface area contributed by atoms with Crippen LogP contribution in [-0.4, -0.2) is 59.2 Å². The highest BCUT2D eigenvalue weighted by molar-refractivity contribution is 6.43. The number of carbonyl (C=O) groups is 2. The Hall–Kier alpha value is -2.83. The van der Waals surface area contributed by atoms with Crippen LogP contribution in [0.3, 0.4) is 0 Å². The summed E-state index contributed by atoms with van der Waals surface area (Å²) in [6.07, 6.45) is 3.46. The van der Waals surface area contributed by atoms with Crippen molar-refractivity contribution >= 4 is 19.1 Å². The maximum absolute atomic E-state index is 12.9. The highest BCUT2D eigenvalue weighted by atomic mass is 16.5. The lowest BCUT2D eigenvalue weighted by Gasteiger charge is -2.35. The van der Waals surface area contributed by atoms with Gasteiger partial charge in [-0.15, -0.1) is 0 Å². The number of benzene rings is 1. The maximum atomic E-state index is 12.9. The Kier molecular flexibility index (Phi) is 9.30. The number of piperidine rings is 1. The third-order valence-electron chi connectivity index (χ3n) is 5.18. The van der Waals surface area contributed by atoms with Gasteiger partial charge in [-0.25, -0.2) is 4.79 Å². The summed E-state index contributed by atoms with van der Waals surface area (Å²) < 4.78 is 5.33.